The molecule has 2 saturated heterocycles. The molecule has 2 aliphatic rings. The van der Waals surface area contributed by atoms with E-state index in [1.165, 1.54) is 30.6 Å². The highest BCUT2D eigenvalue weighted by Gasteiger charge is 2.40. The molecule has 0 bridgehead atoms. The highest BCUT2D eigenvalue weighted by atomic mass is 16.6. The Morgan fingerprint density at radius 1 is 0.364 bits per heavy atom. The molecule has 1 amide bonds. The first-order valence-corrected chi connectivity index (χ1v) is 31.0. The zero-order chi connectivity index (χ0) is 56.1. The van der Waals surface area contributed by atoms with E-state index in [1.807, 2.05) is 7.05 Å². The summed E-state index contributed by atoms with van der Waals surface area (Å²) in [5, 5.41) is 0. The summed E-state index contributed by atoms with van der Waals surface area (Å²) in [5.74, 6) is -3.90. The Morgan fingerprint density at radius 3 is 1.04 bits per heavy atom. The third-order valence-electron chi connectivity index (χ3n) is 15.0. The van der Waals surface area contributed by atoms with E-state index in [0.717, 1.165) is 135 Å². The van der Waals surface area contributed by atoms with Crippen LogP contribution in [0.1, 0.15) is 259 Å². The van der Waals surface area contributed by atoms with Gasteiger partial charge in [0.1, 0.15) is 19.8 Å². The molecule has 0 N–H and O–H groups in total. The summed E-state index contributed by atoms with van der Waals surface area (Å²) in [5.41, 5.74) is 0. The molecule has 0 aromatic carbocycles. The van der Waals surface area contributed by atoms with Gasteiger partial charge in [0.2, 0.25) is 0 Å². The number of ether oxygens (including phenoxy) is 7. The first-order chi connectivity index (χ1) is 37.4. The van der Waals surface area contributed by atoms with E-state index in [4.69, 9.17) is 33.2 Å². The van der Waals surface area contributed by atoms with Crippen LogP contribution in [0.3, 0.4) is 0 Å². The molecule has 2 heterocycles. The molecule has 16 heteroatoms. The zero-order valence-electron chi connectivity index (χ0n) is 49.1. The highest BCUT2D eigenvalue weighted by Crippen LogP contribution is 2.28. The molecular formula is C61H108N2O14. The molecule has 16 nitrogen and oxygen atoms in total. The first kappa shape index (κ1) is 69.2. The average molecular weight is 1090 g/mol. The Labute approximate surface area is 465 Å². The summed E-state index contributed by atoms with van der Waals surface area (Å²) in [7, 11) is 2.03. The van der Waals surface area contributed by atoms with Crippen LogP contribution in [0.15, 0.2) is 0 Å². The molecule has 0 aromatic rings. The summed E-state index contributed by atoms with van der Waals surface area (Å²) >= 11 is 0. The Balaban J connectivity index is 2.14. The van der Waals surface area contributed by atoms with Crippen molar-refractivity contribution in [3.63, 3.8) is 0 Å². The number of hydrogen-bond acceptors (Lipinski definition) is 15. The van der Waals surface area contributed by atoms with Crippen molar-refractivity contribution in [2.24, 2.45) is 11.8 Å². The van der Waals surface area contributed by atoms with Crippen LogP contribution in [0.25, 0.3) is 0 Å². The van der Waals surface area contributed by atoms with Crippen LogP contribution in [0.4, 0.5) is 4.79 Å². The van der Waals surface area contributed by atoms with Crippen LogP contribution in [-0.4, -0.2) is 130 Å². The van der Waals surface area contributed by atoms with Crippen molar-refractivity contribution in [2.75, 3.05) is 59.8 Å². The van der Waals surface area contributed by atoms with Crippen LogP contribution in [0.5, 0.6) is 0 Å². The lowest BCUT2D eigenvalue weighted by molar-refractivity contribution is -0.155. The number of likely N-dealkylation sites (N-methyl/N-ethyl adjacent to an activating group) is 1. The van der Waals surface area contributed by atoms with E-state index < -0.39 is 42.0 Å². The number of carbonyl (C=O) groups excluding carboxylic acids is 7. The molecule has 0 aliphatic carbocycles. The lowest BCUT2D eigenvalue weighted by Crippen LogP contribution is -2.47. The lowest BCUT2D eigenvalue weighted by atomic mass is 10.1. The topological polar surface area (TPSA) is 191 Å². The molecule has 1 unspecified atom stereocenters. The Morgan fingerprint density at radius 2 is 0.688 bits per heavy atom. The van der Waals surface area contributed by atoms with Crippen molar-refractivity contribution in [3.8, 4) is 0 Å². The predicted molar refractivity (Wildman–Crippen MR) is 299 cm³/mol. The minimum atomic E-state index is -0.630. The maximum atomic E-state index is 14.1. The molecular weight excluding hydrogens is 985 g/mol. The maximum absolute atomic E-state index is 14.1. The second-order valence-corrected chi connectivity index (χ2v) is 22.2. The van der Waals surface area contributed by atoms with Crippen LogP contribution >= 0.6 is 0 Å². The molecule has 0 spiro atoms. The summed E-state index contributed by atoms with van der Waals surface area (Å²) in [6, 6.07) is -1.13. The lowest BCUT2D eigenvalue weighted by Gasteiger charge is -2.31. The van der Waals surface area contributed by atoms with E-state index in [0.29, 0.717) is 38.5 Å². The molecule has 0 aromatic heterocycles. The molecule has 0 radical (unpaired) electrons. The maximum Gasteiger partial charge on any atom is 0.410 e. The fraction of sp³-hybridized carbons (Fsp3) is 0.885. The monoisotopic (exact) mass is 1090 g/mol. The molecule has 77 heavy (non-hydrogen) atoms. The van der Waals surface area contributed by atoms with Gasteiger partial charge < -0.3 is 38.1 Å². The molecule has 2 fully saturated rings. The van der Waals surface area contributed by atoms with Gasteiger partial charge in [0.25, 0.3) is 0 Å². The fourth-order valence-electron chi connectivity index (χ4n) is 9.99. The Bertz CT molecular complexity index is 1440. The van der Waals surface area contributed by atoms with Gasteiger partial charge in [-0.25, -0.2) is 4.79 Å². The van der Waals surface area contributed by atoms with Crippen LogP contribution in [0, 0.1) is 11.8 Å². The summed E-state index contributed by atoms with van der Waals surface area (Å²) in [6.45, 7) is 8.98. The van der Waals surface area contributed by atoms with Crippen LogP contribution < -0.4 is 0 Å². The second kappa shape index (κ2) is 45.9. The SMILES string of the molecule is CCCCCCCCC(=O)OCC(COC(=O)CCCCCCCC)CC(=O)OC[C@@H]1CC[C@@H](COC(=O)CC(COC(=O)CCCCCCCC)COC(=O)CCCCCCCC)N1C(=O)OCC1CCCCCN1C. The van der Waals surface area contributed by atoms with Gasteiger partial charge in [-0.2, -0.15) is 0 Å². The van der Waals surface area contributed by atoms with Crippen molar-refractivity contribution in [3.05, 3.63) is 0 Å². The van der Waals surface area contributed by atoms with E-state index in [9.17, 15) is 33.6 Å². The summed E-state index contributed by atoms with van der Waals surface area (Å²) in [4.78, 5) is 96.0. The summed E-state index contributed by atoms with van der Waals surface area (Å²) < 4.78 is 40.1. The number of amides is 1. The summed E-state index contributed by atoms with van der Waals surface area (Å²) in [6.07, 6.45) is 29.7. The Kier molecular flexibility index (Phi) is 41.2. The van der Waals surface area contributed by atoms with Crippen LogP contribution in [-0.2, 0) is 61.9 Å². The normalized spacial score (nSPS) is 16.8. The van der Waals surface area contributed by atoms with Crippen molar-refractivity contribution >= 4 is 41.9 Å². The van der Waals surface area contributed by atoms with Gasteiger partial charge >= 0.3 is 41.9 Å². The molecule has 446 valence electrons. The number of nitrogens with zero attached hydrogens (tertiary/aromatic N) is 2. The van der Waals surface area contributed by atoms with E-state index >= 15 is 0 Å². The fourth-order valence-corrected chi connectivity index (χ4v) is 9.99. The largest absolute Gasteiger partial charge is 0.465 e. The van der Waals surface area contributed by atoms with Gasteiger partial charge in [0.15, 0.2) is 0 Å². The molecule has 2 aliphatic heterocycles. The van der Waals surface area contributed by atoms with E-state index in [-0.39, 0.29) is 115 Å². The molecule has 0 saturated carbocycles. The van der Waals surface area contributed by atoms with Gasteiger partial charge in [-0.3, -0.25) is 33.7 Å². The van der Waals surface area contributed by atoms with Crippen molar-refractivity contribution in [1.29, 1.82) is 0 Å². The van der Waals surface area contributed by atoms with Gasteiger partial charge in [-0.05, 0) is 65.0 Å². The first-order valence-electron chi connectivity index (χ1n) is 31.0. The second-order valence-electron chi connectivity index (χ2n) is 22.2. The van der Waals surface area contributed by atoms with E-state index in [1.54, 1.807) is 0 Å². The standard InChI is InChI=1S/C61H108N2O14/c1-6-10-14-18-22-28-34-55(64)71-43-50(44-72-56(65)35-29-23-19-15-11-7-2)41-59(68)75-48-53-38-39-54(63(53)61(70)77-47-52-33-27-26-32-40-62(52)5)49-76-60(69)42-51(45-73-57(66)36-30-24-20-16-12-8-3)46-74-58(67)37-31-25-21-17-13-9-4/h50-54H,6-49H2,1-5H3/t52?,53-,54-/m0/s1. The predicted octanol–water partition coefficient (Wildman–Crippen LogP) is 13.1. The average Bonchev–Trinajstić information content (AvgIpc) is 3.73. The van der Waals surface area contributed by atoms with Gasteiger partial charge in [0.05, 0.1) is 51.4 Å². The van der Waals surface area contributed by atoms with Gasteiger partial charge in [0, 0.05) is 43.6 Å². The number of esters is 6. The third-order valence-corrected chi connectivity index (χ3v) is 15.0. The minimum absolute atomic E-state index is 0.0463. The van der Waals surface area contributed by atoms with Crippen molar-refractivity contribution in [2.45, 2.75) is 277 Å². The van der Waals surface area contributed by atoms with Gasteiger partial charge in [-0.15, -0.1) is 0 Å². The number of unbranched alkanes of at least 4 members (excludes halogenated alkanes) is 20. The van der Waals surface area contributed by atoms with E-state index in [2.05, 4.69) is 32.6 Å². The third kappa shape index (κ3) is 35.3. The molecule has 2 rings (SSSR count). The Hall–Kier alpha value is -3.95. The number of carbonyl (C=O) groups is 7. The quantitative estimate of drug-likeness (QED) is 0.0317. The van der Waals surface area contributed by atoms with Crippen LogP contribution in [0.2, 0.25) is 0 Å². The smallest absolute Gasteiger partial charge is 0.410 e. The number of likely N-dealkylation sites (tertiary alicyclic amines) is 2. The van der Waals surface area contributed by atoms with Crippen molar-refractivity contribution < 1.29 is 66.7 Å². The minimum Gasteiger partial charge on any atom is -0.465 e. The van der Waals surface area contributed by atoms with Gasteiger partial charge in [-0.1, -0.05) is 169 Å². The van der Waals surface area contributed by atoms with Crippen molar-refractivity contribution in [1.82, 2.24) is 9.80 Å². The number of rotatable bonds is 46. The number of hydrogen-bond donors (Lipinski definition) is 0. The molecule has 3 atom stereocenters. The zero-order valence-corrected chi connectivity index (χ0v) is 49.1. The highest BCUT2D eigenvalue weighted by molar-refractivity contribution is 5.73.